The molecule has 1 saturated carbocycles. The van der Waals surface area contributed by atoms with Crippen LogP contribution in [0.1, 0.15) is 54.4 Å². The zero-order chi connectivity index (χ0) is 19.3. The SMILES string of the molecule is C[C@@H]1C(=O)Nc2ccc(C(=O)CN3C(=O)C(=O)N(C4CCCC4)C3=O)cc21. The number of fused-ring (bicyclic) bond motifs is 1. The number of imide groups is 2. The number of amides is 5. The first-order valence-corrected chi connectivity index (χ1v) is 9.05. The van der Waals surface area contributed by atoms with Crippen LogP contribution < -0.4 is 5.32 Å². The van der Waals surface area contributed by atoms with E-state index in [-0.39, 0.29) is 17.9 Å². The Balaban J connectivity index is 1.53. The number of anilines is 1. The summed E-state index contributed by atoms with van der Waals surface area (Å²) in [5.41, 5.74) is 1.65. The van der Waals surface area contributed by atoms with E-state index in [1.807, 2.05) is 0 Å². The molecule has 8 heteroatoms. The third-order valence-corrected chi connectivity index (χ3v) is 5.57. The Labute approximate surface area is 155 Å². The van der Waals surface area contributed by atoms with Gasteiger partial charge in [-0.05, 0) is 43.5 Å². The number of carbonyl (C=O) groups is 5. The van der Waals surface area contributed by atoms with Crippen LogP contribution in [0.2, 0.25) is 0 Å². The van der Waals surface area contributed by atoms with E-state index in [0.29, 0.717) is 29.7 Å². The lowest BCUT2D eigenvalue weighted by molar-refractivity contribution is -0.143. The number of benzene rings is 1. The molecular weight excluding hydrogens is 350 g/mol. The molecule has 5 amide bonds. The normalized spacial score (nSPS) is 22.6. The van der Waals surface area contributed by atoms with Gasteiger partial charge >= 0.3 is 17.8 Å². The molecule has 8 nitrogen and oxygen atoms in total. The molecule has 1 aliphatic carbocycles. The number of urea groups is 1. The summed E-state index contributed by atoms with van der Waals surface area (Å²) < 4.78 is 0. The van der Waals surface area contributed by atoms with Crippen LogP contribution in [0, 0.1) is 0 Å². The second-order valence-corrected chi connectivity index (χ2v) is 7.22. The smallest absolute Gasteiger partial charge is 0.325 e. The first kappa shape index (κ1) is 17.4. The van der Waals surface area contributed by atoms with E-state index >= 15 is 0 Å². The fraction of sp³-hybridized carbons (Fsp3) is 0.421. The van der Waals surface area contributed by atoms with Crippen molar-refractivity contribution in [2.24, 2.45) is 0 Å². The zero-order valence-corrected chi connectivity index (χ0v) is 14.9. The van der Waals surface area contributed by atoms with Crippen molar-refractivity contribution in [1.29, 1.82) is 0 Å². The Morgan fingerprint density at radius 2 is 1.81 bits per heavy atom. The number of hydrogen-bond acceptors (Lipinski definition) is 5. The van der Waals surface area contributed by atoms with Crippen molar-refractivity contribution in [3.05, 3.63) is 29.3 Å². The summed E-state index contributed by atoms with van der Waals surface area (Å²) >= 11 is 0. The van der Waals surface area contributed by atoms with Gasteiger partial charge < -0.3 is 5.32 Å². The summed E-state index contributed by atoms with van der Waals surface area (Å²) in [4.78, 5) is 63.1. The monoisotopic (exact) mass is 369 g/mol. The Morgan fingerprint density at radius 3 is 2.52 bits per heavy atom. The van der Waals surface area contributed by atoms with Gasteiger partial charge in [0.1, 0.15) is 0 Å². The van der Waals surface area contributed by atoms with Crippen molar-refractivity contribution < 1.29 is 24.0 Å². The van der Waals surface area contributed by atoms with Gasteiger partial charge in [0.25, 0.3) is 0 Å². The van der Waals surface area contributed by atoms with E-state index in [9.17, 15) is 24.0 Å². The molecule has 0 spiro atoms. The maximum Gasteiger partial charge on any atom is 0.334 e. The maximum absolute atomic E-state index is 12.6. The average molecular weight is 369 g/mol. The molecule has 27 heavy (non-hydrogen) atoms. The van der Waals surface area contributed by atoms with Crippen LogP contribution in [0.5, 0.6) is 0 Å². The second kappa shape index (κ2) is 6.29. The van der Waals surface area contributed by atoms with Crippen LogP contribution in [0.3, 0.4) is 0 Å². The molecular formula is C19H19N3O5. The van der Waals surface area contributed by atoms with E-state index in [0.717, 1.165) is 22.6 Å². The van der Waals surface area contributed by atoms with Crippen molar-refractivity contribution in [2.45, 2.75) is 44.6 Å². The highest BCUT2D eigenvalue weighted by molar-refractivity contribution is 6.45. The zero-order valence-electron chi connectivity index (χ0n) is 14.9. The number of ketones is 1. The number of carbonyl (C=O) groups excluding carboxylic acids is 5. The first-order valence-electron chi connectivity index (χ1n) is 9.05. The van der Waals surface area contributed by atoms with Crippen molar-refractivity contribution in [3.63, 3.8) is 0 Å². The van der Waals surface area contributed by atoms with Crippen molar-refractivity contribution >= 4 is 35.2 Å². The van der Waals surface area contributed by atoms with Crippen LogP contribution >= 0.6 is 0 Å². The molecule has 3 aliphatic rings. The molecule has 2 heterocycles. The lowest BCUT2D eigenvalue weighted by Crippen LogP contribution is -2.41. The van der Waals surface area contributed by atoms with Gasteiger partial charge in [-0.15, -0.1) is 0 Å². The Hall–Kier alpha value is -3.03. The summed E-state index contributed by atoms with van der Waals surface area (Å²) in [5, 5.41) is 2.72. The quantitative estimate of drug-likeness (QED) is 0.494. The summed E-state index contributed by atoms with van der Waals surface area (Å²) in [6.07, 6.45) is 3.20. The number of rotatable bonds is 4. The summed E-state index contributed by atoms with van der Waals surface area (Å²) in [6, 6.07) is 3.81. The number of nitrogens with one attached hydrogen (secondary N) is 1. The number of hydrogen-bond donors (Lipinski definition) is 1. The molecule has 1 N–H and O–H groups in total. The fourth-order valence-corrected chi connectivity index (χ4v) is 3.97. The highest BCUT2D eigenvalue weighted by Crippen LogP contribution is 2.33. The third kappa shape index (κ3) is 2.72. The van der Waals surface area contributed by atoms with Gasteiger partial charge in [-0.25, -0.2) is 9.69 Å². The number of nitrogens with zero attached hydrogens (tertiary/aromatic N) is 2. The van der Waals surface area contributed by atoms with Gasteiger partial charge in [-0.3, -0.25) is 24.1 Å². The van der Waals surface area contributed by atoms with E-state index in [4.69, 9.17) is 0 Å². The minimum absolute atomic E-state index is 0.141. The van der Waals surface area contributed by atoms with Gasteiger partial charge in [0.05, 0.1) is 12.5 Å². The summed E-state index contributed by atoms with van der Waals surface area (Å²) in [7, 11) is 0. The van der Waals surface area contributed by atoms with E-state index < -0.39 is 30.2 Å². The van der Waals surface area contributed by atoms with Crippen LogP contribution in [0.15, 0.2) is 18.2 Å². The molecule has 1 aromatic rings. The number of Topliss-reactive ketones (excluding diaryl/α,β-unsaturated/α-hetero) is 1. The van der Waals surface area contributed by atoms with Gasteiger partial charge in [0, 0.05) is 17.3 Å². The van der Waals surface area contributed by atoms with Crippen molar-refractivity contribution in [3.8, 4) is 0 Å². The predicted octanol–water partition coefficient (Wildman–Crippen LogP) is 1.66. The largest absolute Gasteiger partial charge is 0.334 e. The molecule has 0 bridgehead atoms. The van der Waals surface area contributed by atoms with E-state index in [1.165, 1.54) is 0 Å². The van der Waals surface area contributed by atoms with Crippen molar-refractivity contribution in [1.82, 2.24) is 9.80 Å². The Morgan fingerprint density at radius 1 is 1.11 bits per heavy atom. The van der Waals surface area contributed by atoms with Crippen molar-refractivity contribution in [2.75, 3.05) is 11.9 Å². The molecule has 140 valence electrons. The van der Waals surface area contributed by atoms with Gasteiger partial charge in [0.15, 0.2) is 5.78 Å². The van der Waals surface area contributed by atoms with Gasteiger partial charge in [0.2, 0.25) is 5.91 Å². The van der Waals surface area contributed by atoms with Crippen LogP contribution in [0.25, 0.3) is 0 Å². The molecule has 1 aromatic carbocycles. The Bertz CT molecular complexity index is 887. The average Bonchev–Trinajstić information content (AvgIpc) is 3.32. The molecule has 0 radical (unpaired) electrons. The molecule has 0 aromatic heterocycles. The molecule has 1 saturated heterocycles. The van der Waals surface area contributed by atoms with E-state index in [2.05, 4.69) is 5.32 Å². The van der Waals surface area contributed by atoms with Crippen LogP contribution in [0.4, 0.5) is 10.5 Å². The fourth-order valence-electron chi connectivity index (χ4n) is 3.97. The van der Waals surface area contributed by atoms with Gasteiger partial charge in [-0.1, -0.05) is 12.8 Å². The highest BCUT2D eigenvalue weighted by atomic mass is 16.2. The molecule has 2 fully saturated rings. The standard InChI is InChI=1S/C19H19N3O5/c1-10-13-8-11(6-7-14(13)20-16(10)24)15(23)9-21-17(25)18(26)22(19(21)27)12-4-2-3-5-12/h6-8,10,12H,2-5,9H2,1H3,(H,20,24)/t10-/m0/s1. The predicted molar refractivity (Wildman–Crippen MR) is 94.0 cm³/mol. The topological polar surface area (TPSA) is 104 Å². The second-order valence-electron chi connectivity index (χ2n) is 7.22. The summed E-state index contributed by atoms with van der Waals surface area (Å²) in [5.74, 6) is -2.77. The highest BCUT2D eigenvalue weighted by Gasteiger charge is 2.48. The molecule has 0 unspecified atom stereocenters. The minimum Gasteiger partial charge on any atom is -0.325 e. The maximum atomic E-state index is 12.6. The third-order valence-electron chi connectivity index (χ3n) is 5.57. The molecule has 4 rings (SSSR count). The summed E-state index contributed by atoms with van der Waals surface area (Å²) in [6.45, 7) is 1.25. The molecule has 2 aliphatic heterocycles. The first-order chi connectivity index (χ1) is 12.9. The lowest BCUT2D eigenvalue weighted by atomic mass is 9.99. The van der Waals surface area contributed by atoms with Gasteiger partial charge in [-0.2, -0.15) is 0 Å². The molecule has 1 atom stereocenters. The van der Waals surface area contributed by atoms with E-state index in [1.54, 1.807) is 25.1 Å². The lowest BCUT2D eigenvalue weighted by Gasteiger charge is -2.20. The van der Waals surface area contributed by atoms with Crippen LogP contribution in [-0.4, -0.2) is 51.9 Å². The Kier molecular flexibility index (Phi) is 4.05. The van der Waals surface area contributed by atoms with Crippen LogP contribution in [-0.2, 0) is 14.4 Å². The minimum atomic E-state index is -0.952.